The summed E-state index contributed by atoms with van der Waals surface area (Å²) in [6.07, 6.45) is 4.87. The summed E-state index contributed by atoms with van der Waals surface area (Å²) < 4.78 is 0. The van der Waals surface area contributed by atoms with Crippen LogP contribution in [0.25, 0.3) is 11.0 Å². The molecule has 0 unspecified atom stereocenters. The number of imidazole rings is 1. The molecule has 3 rings (SSSR count). The van der Waals surface area contributed by atoms with Gasteiger partial charge < -0.3 is 10.3 Å². The number of amides is 1. The molecule has 0 atom stereocenters. The van der Waals surface area contributed by atoms with Gasteiger partial charge in [0.25, 0.3) is 0 Å². The van der Waals surface area contributed by atoms with Crippen molar-refractivity contribution in [3.05, 3.63) is 53.6 Å². The molecule has 0 aliphatic heterocycles. The Bertz CT molecular complexity index is 934. The summed E-state index contributed by atoms with van der Waals surface area (Å²) in [5, 5.41) is 4.21. The zero-order valence-corrected chi connectivity index (χ0v) is 20.0. The number of thioether (sulfide) groups is 1. The first-order valence-corrected chi connectivity index (χ1v) is 12.4. The highest BCUT2D eigenvalue weighted by atomic mass is 32.2. The Morgan fingerprint density at radius 1 is 0.935 bits per heavy atom. The minimum Gasteiger partial charge on any atom is -0.333 e. The van der Waals surface area contributed by atoms with Crippen LogP contribution in [0.2, 0.25) is 0 Å². The van der Waals surface area contributed by atoms with E-state index in [1.807, 2.05) is 18.2 Å². The van der Waals surface area contributed by atoms with Crippen LogP contribution in [0.4, 0.5) is 5.69 Å². The number of aromatic nitrogens is 2. The lowest BCUT2D eigenvalue weighted by molar-refractivity contribution is -0.116. The predicted octanol–water partition coefficient (Wildman–Crippen LogP) is 7.49. The molecular weight excluding hydrogens is 402 g/mol. The number of benzene rings is 2. The van der Waals surface area contributed by atoms with Crippen molar-refractivity contribution in [1.82, 2.24) is 9.97 Å². The molecule has 1 aromatic heterocycles. The number of para-hydroxylation sites is 3. The van der Waals surface area contributed by atoms with Gasteiger partial charge in [0.05, 0.1) is 11.0 Å². The summed E-state index contributed by atoms with van der Waals surface area (Å²) in [5.74, 6) is 1.95. The van der Waals surface area contributed by atoms with Crippen molar-refractivity contribution in [3.8, 4) is 0 Å². The van der Waals surface area contributed by atoms with Crippen LogP contribution in [-0.4, -0.2) is 21.6 Å². The first-order chi connectivity index (χ1) is 15.0. The van der Waals surface area contributed by atoms with Gasteiger partial charge in [0.2, 0.25) is 5.91 Å². The third-order valence-electron chi connectivity index (χ3n) is 5.54. The van der Waals surface area contributed by atoms with Gasteiger partial charge >= 0.3 is 0 Å². The molecule has 0 radical (unpaired) electrons. The van der Waals surface area contributed by atoms with E-state index in [9.17, 15) is 4.79 Å². The van der Waals surface area contributed by atoms with Gasteiger partial charge in [-0.2, -0.15) is 0 Å². The van der Waals surface area contributed by atoms with Crippen molar-refractivity contribution in [1.29, 1.82) is 0 Å². The van der Waals surface area contributed by atoms with Gasteiger partial charge in [0, 0.05) is 17.9 Å². The highest BCUT2D eigenvalue weighted by molar-refractivity contribution is 7.99. The summed E-state index contributed by atoms with van der Waals surface area (Å²) in [6, 6.07) is 14.5. The molecule has 31 heavy (non-hydrogen) atoms. The highest BCUT2D eigenvalue weighted by Gasteiger charge is 2.15. The van der Waals surface area contributed by atoms with Gasteiger partial charge in [-0.3, -0.25) is 4.79 Å². The van der Waals surface area contributed by atoms with E-state index in [2.05, 4.69) is 67.2 Å². The Kier molecular flexibility index (Phi) is 8.59. The number of fused-ring (bicyclic) bond motifs is 1. The second-order valence-corrected chi connectivity index (χ2v) is 9.82. The smallest absolute Gasteiger partial charge is 0.224 e. The molecule has 1 amide bonds. The molecule has 5 heteroatoms. The summed E-state index contributed by atoms with van der Waals surface area (Å²) in [6.45, 7) is 8.72. The summed E-state index contributed by atoms with van der Waals surface area (Å²) in [7, 11) is 0. The van der Waals surface area contributed by atoms with Crippen molar-refractivity contribution >= 4 is 34.4 Å². The molecule has 2 N–H and O–H groups in total. The lowest BCUT2D eigenvalue weighted by atomic mass is 9.92. The minimum absolute atomic E-state index is 0.131. The van der Waals surface area contributed by atoms with Crippen molar-refractivity contribution in [3.63, 3.8) is 0 Å². The maximum atomic E-state index is 12.6. The van der Waals surface area contributed by atoms with E-state index in [1.54, 1.807) is 11.8 Å². The van der Waals surface area contributed by atoms with E-state index >= 15 is 0 Å². The predicted molar refractivity (Wildman–Crippen MR) is 133 cm³/mol. The first kappa shape index (κ1) is 23.4. The lowest BCUT2D eigenvalue weighted by Crippen LogP contribution is -2.15. The second kappa shape index (κ2) is 11.4. The van der Waals surface area contributed by atoms with Crippen molar-refractivity contribution in [2.45, 2.75) is 76.8 Å². The van der Waals surface area contributed by atoms with Crippen molar-refractivity contribution < 1.29 is 4.79 Å². The molecule has 1 heterocycles. The summed E-state index contributed by atoms with van der Waals surface area (Å²) in [5.41, 5.74) is 5.59. The number of carbonyl (C=O) groups excluding carboxylic acids is 1. The maximum absolute atomic E-state index is 12.6. The molecule has 0 fully saturated rings. The van der Waals surface area contributed by atoms with Gasteiger partial charge in [0.1, 0.15) is 0 Å². The number of aromatic amines is 1. The number of hydrogen-bond acceptors (Lipinski definition) is 3. The lowest BCUT2D eigenvalue weighted by Gasteiger charge is -2.20. The molecular formula is C26H35N3OS. The average molecular weight is 438 g/mol. The van der Waals surface area contributed by atoms with E-state index in [4.69, 9.17) is 0 Å². The fourth-order valence-corrected chi connectivity index (χ4v) is 4.69. The Balaban J connectivity index is 1.38. The molecule has 0 bridgehead atoms. The molecule has 166 valence electrons. The Morgan fingerprint density at radius 3 is 2.29 bits per heavy atom. The van der Waals surface area contributed by atoms with E-state index in [0.717, 1.165) is 53.3 Å². The van der Waals surface area contributed by atoms with Gasteiger partial charge in [-0.1, -0.05) is 82.6 Å². The van der Waals surface area contributed by atoms with Gasteiger partial charge in [-0.05, 0) is 47.9 Å². The molecule has 0 saturated carbocycles. The number of unbranched alkanes of at least 4 members (excludes halogenated alkanes) is 3. The maximum Gasteiger partial charge on any atom is 0.224 e. The molecule has 0 aliphatic carbocycles. The molecule has 0 aliphatic rings. The Labute approximate surface area is 190 Å². The quantitative estimate of drug-likeness (QED) is 0.241. The van der Waals surface area contributed by atoms with E-state index < -0.39 is 0 Å². The molecule has 4 nitrogen and oxygen atoms in total. The van der Waals surface area contributed by atoms with Gasteiger partial charge in [-0.25, -0.2) is 4.98 Å². The van der Waals surface area contributed by atoms with Crippen molar-refractivity contribution in [2.24, 2.45) is 0 Å². The normalized spacial score (nSPS) is 11.5. The number of anilines is 1. The number of H-pyrrole nitrogens is 1. The SMILES string of the molecule is CC(C)c1cccc(C(C)C)c1NC(=O)CCCCCCSc1nc2ccccc2[nH]1. The zero-order valence-electron chi connectivity index (χ0n) is 19.2. The van der Waals surface area contributed by atoms with Crippen LogP contribution in [0.1, 0.15) is 82.8 Å². The largest absolute Gasteiger partial charge is 0.333 e. The monoisotopic (exact) mass is 437 g/mol. The third-order valence-corrected chi connectivity index (χ3v) is 6.50. The third kappa shape index (κ3) is 6.60. The van der Waals surface area contributed by atoms with E-state index in [-0.39, 0.29) is 5.91 Å². The molecule has 3 aromatic rings. The number of nitrogens with one attached hydrogen (secondary N) is 2. The van der Waals surface area contributed by atoms with Crippen molar-refractivity contribution in [2.75, 3.05) is 11.1 Å². The van der Waals surface area contributed by atoms with Crippen LogP contribution < -0.4 is 5.32 Å². The minimum atomic E-state index is 0.131. The summed E-state index contributed by atoms with van der Waals surface area (Å²) >= 11 is 1.77. The first-order valence-electron chi connectivity index (χ1n) is 11.5. The number of rotatable bonds is 11. The fraction of sp³-hybridized carbons (Fsp3) is 0.462. The number of nitrogens with zero attached hydrogens (tertiary/aromatic N) is 1. The van der Waals surface area contributed by atoms with Gasteiger partial charge in [-0.15, -0.1) is 0 Å². The Morgan fingerprint density at radius 2 is 1.61 bits per heavy atom. The van der Waals surface area contributed by atoms with Crippen LogP contribution >= 0.6 is 11.8 Å². The van der Waals surface area contributed by atoms with Crippen LogP contribution in [0.5, 0.6) is 0 Å². The highest BCUT2D eigenvalue weighted by Crippen LogP contribution is 2.32. The standard InChI is InChI=1S/C26H35N3OS/c1-18(2)20-12-11-13-21(19(3)4)25(20)29-24(30)16-7-5-6-10-17-31-26-27-22-14-8-9-15-23(22)28-26/h8-9,11-15,18-19H,5-7,10,16-17H2,1-4H3,(H,27,28)(H,29,30). The van der Waals surface area contributed by atoms with Crippen LogP contribution in [0.15, 0.2) is 47.6 Å². The number of carbonyl (C=O) groups is 1. The fourth-order valence-electron chi connectivity index (χ4n) is 3.81. The molecule has 2 aromatic carbocycles. The van der Waals surface area contributed by atoms with E-state index in [0.29, 0.717) is 18.3 Å². The van der Waals surface area contributed by atoms with Crippen LogP contribution in [0, 0.1) is 0 Å². The number of hydrogen-bond donors (Lipinski definition) is 2. The average Bonchev–Trinajstić information content (AvgIpc) is 3.15. The zero-order chi connectivity index (χ0) is 22.2. The second-order valence-electron chi connectivity index (χ2n) is 8.74. The van der Waals surface area contributed by atoms with Gasteiger partial charge in [0.15, 0.2) is 5.16 Å². The topological polar surface area (TPSA) is 57.8 Å². The molecule has 0 saturated heterocycles. The van der Waals surface area contributed by atoms with Crippen LogP contribution in [-0.2, 0) is 4.79 Å². The summed E-state index contributed by atoms with van der Waals surface area (Å²) in [4.78, 5) is 20.6. The molecule has 0 spiro atoms. The van der Waals surface area contributed by atoms with E-state index in [1.165, 1.54) is 11.1 Å². The van der Waals surface area contributed by atoms with Crippen LogP contribution in [0.3, 0.4) is 0 Å². The Hall–Kier alpha value is -2.27.